The number of amides is 1. The first-order valence-electron chi connectivity index (χ1n) is 9.94. The van der Waals surface area contributed by atoms with Gasteiger partial charge in [0.25, 0.3) is 11.5 Å². The Kier molecular flexibility index (Phi) is 7.31. The van der Waals surface area contributed by atoms with Crippen molar-refractivity contribution in [3.8, 4) is 11.8 Å². The molecule has 0 radical (unpaired) electrons. The van der Waals surface area contributed by atoms with Crippen LogP contribution in [0, 0.1) is 18.3 Å². The third-order valence-corrected chi connectivity index (χ3v) is 6.54. The normalized spacial score (nSPS) is 11.4. The molecule has 1 aromatic carbocycles. The number of fused-ring (bicyclic) bond motifs is 1. The van der Waals surface area contributed by atoms with E-state index in [-0.39, 0.29) is 17.7 Å². The van der Waals surface area contributed by atoms with Crippen LogP contribution >= 0.6 is 34.6 Å². The van der Waals surface area contributed by atoms with E-state index in [2.05, 4.69) is 24.8 Å². The van der Waals surface area contributed by atoms with Gasteiger partial charge in [-0.3, -0.25) is 14.9 Å². The Labute approximate surface area is 206 Å². The maximum Gasteiger partial charge on any atom is 0.275 e. The summed E-state index contributed by atoms with van der Waals surface area (Å²) in [4.78, 5) is 33.7. The van der Waals surface area contributed by atoms with Gasteiger partial charge >= 0.3 is 0 Å². The lowest BCUT2D eigenvalue weighted by Gasteiger charge is -2.06. The van der Waals surface area contributed by atoms with Crippen LogP contribution in [-0.4, -0.2) is 35.6 Å². The summed E-state index contributed by atoms with van der Waals surface area (Å²) in [5, 5.41) is 17.8. The van der Waals surface area contributed by atoms with Crippen molar-refractivity contribution in [2.75, 3.05) is 11.1 Å². The number of hydrogen-bond acceptors (Lipinski definition) is 11. The van der Waals surface area contributed by atoms with Crippen LogP contribution in [0.1, 0.15) is 23.2 Å². The van der Waals surface area contributed by atoms with Crippen LogP contribution in [0.3, 0.4) is 0 Å². The number of nitriles is 1. The van der Waals surface area contributed by atoms with E-state index in [1.54, 1.807) is 24.3 Å². The van der Waals surface area contributed by atoms with Gasteiger partial charge in [-0.05, 0) is 36.4 Å². The zero-order chi connectivity index (χ0) is 24.1. The number of aromatic nitrogens is 5. The fourth-order valence-corrected chi connectivity index (χ4v) is 4.80. The minimum atomic E-state index is -0.557. The number of thioether (sulfide) groups is 1. The number of carbonyl (C=O) groups excluding carboxylic acids is 1. The quantitative estimate of drug-likeness (QED) is 0.214. The number of nitrogens with zero attached hydrogens (tertiary/aromatic N) is 6. The van der Waals surface area contributed by atoms with Crippen LogP contribution in [-0.2, 0) is 11.4 Å². The summed E-state index contributed by atoms with van der Waals surface area (Å²) >= 11 is 3.86. The van der Waals surface area contributed by atoms with E-state index in [9.17, 15) is 14.9 Å². The molecule has 0 aliphatic carbocycles. The summed E-state index contributed by atoms with van der Waals surface area (Å²) < 4.78 is 11.1. The predicted molar refractivity (Wildman–Crippen MR) is 131 cm³/mol. The van der Waals surface area contributed by atoms with E-state index < -0.39 is 5.91 Å². The zero-order valence-electron chi connectivity index (χ0n) is 18.0. The molecule has 0 saturated carbocycles. The molecule has 0 fully saturated rings. The van der Waals surface area contributed by atoms with Crippen molar-refractivity contribution >= 4 is 56.7 Å². The molecule has 4 rings (SSSR count). The molecule has 1 N–H and O–H groups in total. The van der Waals surface area contributed by atoms with E-state index in [1.165, 1.54) is 39.8 Å². The lowest BCUT2D eigenvalue weighted by molar-refractivity contribution is -0.112. The maximum absolute atomic E-state index is 12.4. The van der Waals surface area contributed by atoms with E-state index in [4.69, 9.17) is 4.74 Å². The maximum atomic E-state index is 12.4. The first-order valence-corrected chi connectivity index (χ1v) is 12.5. The van der Waals surface area contributed by atoms with Crippen LogP contribution in [0.2, 0.25) is 0 Å². The van der Waals surface area contributed by atoms with Crippen LogP contribution in [0.15, 0.2) is 45.9 Å². The second-order valence-corrected chi connectivity index (χ2v) is 9.84. The molecule has 1 amide bonds. The van der Waals surface area contributed by atoms with Gasteiger partial charge in [0.2, 0.25) is 15.2 Å². The predicted octanol–water partition coefficient (Wildman–Crippen LogP) is 3.55. The molecule has 0 aliphatic rings. The third kappa shape index (κ3) is 5.66. The van der Waals surface area contributed by atoms with Gasteiger partial charge in [-0.1, -0.05) is 42.2 Å². The highest BCUT2D eigenvalue weighted by atomic mass is 32.2. The average Bonchev–Trinajstić information content (AvgIpc) is 3.42. The van der Waals surface area contributed by atoms with Gasteiger partial charge in [0.05, 0.1) is 5.69 Å². The molecule has 172 valence electrons. The number of aryl methyl sites for hydroxylation is 1. The van der Waals surface area contributed by atoms with Gasteiger partial charge in [-0.2, -0.15) is 24.2 Å². The van der Waals surface area contributed by atoms with Gasteiger partial charge in [0.15, 0.2) is 0 Å². The molecular formula is C21H17N7O3S3. The summed E-state index contributed by atoms with van der Waals surface area (Å²) in [5.74, 6) is 0.819. The zero-order valence-corrected chi connectivity index (χ0v) is 20.5. The number of carbonyl (C=O) groups is 1. The Balaban J connectivity index is 1.40. The fourth-order valence-electron chi connectivity index (χ4n) is 2.77. The van der Waals surface area contributed by atoms with Crippen molar-refractivity contribution in [1.82, 2.24) is 24.0 Å². The first kappa shape index (κ1) is 23.6. The lowest BCUT2D eigenvalue weighted by Crippen LogP contribution is -2.16. The molecule has 10 nitrogen and oxygen atoms in total. The molecule has 3 heterocycles. The second kappa shape index (κ2) is 10.6. The lowest BCUT2D eigenvalue weighted by atomic mass is 10.1. The summed E-state index contributed by atoms with van der Waals surface area (Å²) in [6.07, 6.45) is 1.48. The van der Waals surface area contributed by atoms with Gasteiger partial charge in [-0.25, -0.2) is 4.98 Å². The van der Waals surface area contributed by atoms with E-state index >= 15 is 0 Å². The Hall–Kier alpha value is -3.60. The molecule has 3 aromatic heterocycles. The molecule has 0 atom stereocenters. The number of nitrogens with one attached hydrogen (secondary N) is 1. The highest BCUT2D eigenvalue weighted by Gasteiger charge is 2.13. The summed E-state index contributed by atoms with van der Waals surface area (Å²) in [5.41, 5.74) is 0.825. The van der Waals surface area contributed by atoms with Crippen molar-refractivity contribution in [2.45, 2.75) is 25.6 Å². The van der Waals surface area contributed by atoms with Gasteiger partial charge in [0.1, 0.15) is 29.0 Å². The van der Waals surface area contributed by atoms with Crippen molar-refractivity contribution in [3.05, 3.63) is 62.5 Å². The van der Waals surface area contributed by atoms with E-state index in [1.807, 2.05) is 19.9 Å². The van der Waals surface area contributed by atoms with Crippen molar-refractivity contribution in [1.29, 1.82) is 5.26 Å². The van der Waals surface area contributed by atoms with Gasteiger partial charge in [-0.15, -0.1) is 0 Å². The van der Waals surface area contributed by atoms with Crippen molar-refractivity contribution in [2.24, 2.45) is 0 Å². The fraction of sp³-hybridized carbons (Fsp3) is 0.190. The molecule has 0 bridgehead atoms. The first-order chi connectivity index (χ1) is 16.4. The molecule has 13 heteroatoms. The highest BCUT2D eigenvalue weighted by molar-refractivity contribution is 7.99. The smallest absolute Gasteiger partial charge is 0.275 e. The SMILES string of the molecule is CCSc1nsc(NC(=O)C(C#N)=Cc2ccc(OCc3cc(=O)n4nc(C)sc4n3)cc2)n1. The molecular weight excluding hydrogens is 494 g/mol. The highest BCUT2D eigenvalue weighted by Crippen LogP contribution is 2.21. The van der Waals surface area contributed by atoms with Crippen molar-refractivity contribution < 1.29 is 9.53 Å². The van der Waals surface area contributed by atoms with Crippen LogP contribution in [0.25, 0.3) is 11.0 Å². The number of anilines is 1. The minimum absolute atomic E-state index is 0.0635. The minimum Gasteiger partial charge on any atom is -0.487 e. The Morgan fingerprint density at radius 1 is 1.32 bits per heavy atom. The topological polar surface area (TPSA) is 135 Å². The molecule has 0 spiro atoms. The summed E-state index contributed by atoms with van der Waals surface area (Å²) in [6.45, 7) is 3.91. The number of rotatable bonds is 8. The van der Waals surface area contributed by atoms with Gasteiger partial charge in [0, 0.05) is 17.6 Å². The summed E-state index contributed by atoms with van der Waals surface area (Å²) in [7, 11) is 0. The average molecular weight is 512 g/mol. The Morgan fingerprint density at radius 2 is 2.12 bits per heavy atom. The molecule has 34 heavy (non-hydrogen) atoms. The Bertz CT molecular complexity index is 1470. The van der Waals surface area contributed by atoms with Crippen LogP contribution in [0.5, 0.6) is 5.75 Å². The monoisotopic (exact) mass is 511 g/mol. The molecule has 0 unspecified atom stereocenters. The van der Waals surface area contributed by atoms with Gasteiger partial charge < -0.3 is 4.74 Å². The number of hydrogen-bond donors (Lipinski definition) is 1. The number of ether oxygens (including phenoxy) is 1. The molecule has 0 saturated heterocycles. The standard InChI is InChI=1S/C21H17N7O3S3/c1-3-32-20-25-19(34-27-20)24-18(30)14(10-22)8-13-4-6-16(7-5-13)31-11-15-9-17(29)28-21(23-15)33-12(2)26-28/h4-9H,3,11H2,1-2H3,(H,24,25,27,30). The second-order valence-electron chi connectivity index (χ2n) is 6.70. The summed E-state index contributed by atoms with van der Waals surface area (Å²) in [6, 6.07) is 10.2. The van der Waals surface area contributed by atoms with Crippen molar-refractivity contribution in [3.63, 3.8) is 0 Å². The largest absolute Gasteiger partial charge is 0.487 e. The molecule has 4 aromatic rings. The molecule has 0 aliphatic heterocycles. The van der Waals surface area contributed by atoms with E-state index in [0.717, 1.165) is 22.3 Å². The van der Waals surface area contributed by atoms with E-state index in [0.29, 0.717) is 32.3 Å². The third-order valence-electron chi connectivity index (χ3n) is 4.24. The number of benzene rings is 1. The van der Waals surface area contributed by atoms with Crippen LogP contribution < -0.4 is 15.6 Å². The Morgan fingerprint density at radius 3 is 2.85 bits per heavy atom. The van der Waals surface area contributed by atoms with Crippen LogP contribution in [0.4, 0.5) is 5.13 Å².